The molecule has 0 aliphatic rings. The summed E-state index contributed by atoms with van der Waals surface area (Å²) in [6, 6.07) is 60.8. The van der Waals surface area contributed by atoms with Crippen LogP contribution in [0.5, 0.6) is 5.75 Å². The lowest BCUT2D eigenvalue weighted by molar-refractivity contribution is -0.698. The average molecular weight is 1040 g/mol. The molecule has 4 atom stereocenters. The van der Waals surface area contributed by atoms with Gasteiger partial charge >= 0.3 is 0 Å². The van der Waals surface area contributed by atoms with E-state index in [0.29, 0.717) is 17.9 Å². The quantitative estimate of drug-likeness (QED) is 0.0564. The number of aromatic nitrogens is 3. The monoisotopic (exact) mass is 1040 g/mol. The Labute approximate surface area is 471 Å². The first-order valence-electron chi connectivity index (χ1n) is 27.8. The van der Waals surface area contributed by atoms with Crippen LogP contribution in [0.3, 0.4) is 0 Å². The fraction of sp³-hybridized carbons (Fsp3) is 0.274. The maximum Gasteiger partial charge on any atom is 0.204 e. The number of aryl methyl sites for hydroxylation is 1. The molecule has 0 saturated carbocycles. The van der Waals surface area contributed by atoms with Crippen molar-refractivity contribution in [2.45, 2.75) is 119 Å². The summed E-state index contributed by atoms with van der Waals surface area (Å²) in [6.45, 7) is 19.1. The smallest absolute Gasteiger partial charge is 0.204 e. The Hall–Kier alpha value is -7.73. The van der Waals surface area contributed by atoms with E-state index in [-0.39, 0.29) is 13.5 Å². The Bertz CT molecular complexity index is 2930. The van der Waals surface area contributed by atoms with Crippen molar-refractivity contribution in [2.24, 2.45) is 7.05 Å². The standard InChI is InChI=1S/C19H24NO.C18H22N.C18H20.C17H19NO.CH4/c1-3-17(2)21-16-15-20-13-11-19(12-14-20)10-9-18-7-5-4-6-8-18;1-4-15(2)17-11-13-18(19(3)14-17)12-10-16-8-6-5-7-9-16;1-3-15(2)18-13-11-17(12-14-18)10-9-16-7-5-4-6-8-16;1-3-14(2)19-17-8-6-15(7-9-17)4-5-16-10-12-18-13-11-16;/h4-14,17H,3,15-16H2,1-2H3;5-15H,4H2,1-3H3;4-15H,3H2,1-2H3;4-14H,3H2,1-2H3;1H4/q2*+1;;;/b;;;5-4+;. The van der Waals surface area contributed by atoms with Crippen molar-refractivity contribution in [1.82, 2.24) is 4.98 Å². The van der Waals surface area contributed by atoms with Gasteiger partial charge in [-0.1, -0.05) is 213 Å². The third-order valence-corrected chi connectivity index (χ3v) is 13.5. The van der Waals surface area contributed by atoms with Crippen LogP contribution in [0.1, 0.15) is 156 Å². The molecule has 0 N–H and O–H groups in total. The molecule has 0 radical (unpaired) electrons. The van der Waals surface area contributed by atoms with Crippen molar-refractivity contribution in [3.8, 4) is 5.75 Å². The molecular formula is C73H89N3O2+2. The third-order valence-electron chi connectivity index (χ3n) is 13.5. The molecule has 0 fully saturated rings. The van der Waals surface area contributed by atoms with E-state index in [1.165, 1.54) is 57.5 Å². The van der Waals surface area contributed by atoms with Gasteiger partial charge in [0.05, 0.1) is 12.2 Å². The highest BCUT2D eigenvalue weighted by atomic mass is 16.5. The second kappa shape index (κ2) is 36.3. The van der Waals surface area contributed by atoms with E-state index < -0.39 is 0 Å². The van der Waals surface area contributed by atoms with Gasteiger partial charge in [0.15, 0.2) is 25.1 Å². The highest BCUT2D eigenvalue weighted by molar-refractivity contribution is 5.71. The summed E-state index contributed by atoms with van der Waals surface area (Å²) in [7, 11) is 2.11. The molecule has 0 saturated heterocycles. The lowest BCUT2D eigenvalue weighted by atomic mass is 9.97. The maximum atomic E-state index is 5.75. The van der Waals surface area contributed by atoms with Crippen LogP contribution in [0.2, 0.25) is 0 Å². The Morgan fingerprint density at radius 2 is 0.821 bits per heavy atom. The van der Waals surface area contributed by atoms with Gasteiger partial charge in [-0.05, 0) is 132 Å². The predicted octanol–water partition coefficient (Wildman–Crippen LogP) is 18.6. The highest BCUT2D eigenvalue weighted by Gasteiger charge is 2.10. The zero-order valence-corrected chi connectivity index (χ0v) is 47.5. The SMILES string of the molecule is C.CCC(C)OCC[n+]1ccc(C=Cc2ccccc2)cc1.CCC(C)Oc1ccc(/C=C/c2ccncc2)cc1.CCC(C)c1ccc(C=Cc2ccccc2)[n+](C)c1.CCC(C)c1ccc(C=Cc2ccccc2)cc1. The molecule has 0 spiro atoms. The lowest BCUT2D eigenvalue weighted by Gasteiger charge is -2.12. The van der Waals surface area contributed by atoms with Crippen LogP contribution in [-0.2, 0) is 18.3 Å². The van der Waals surface area contributed by atoms with Crippen molar-refractivity contribution < 1.29 is 18.6 Å². The number of rotatable bonds is 20. The number of hydrogen-bond acceptors (Lipinski definition) is 3. The van der Waals surface area contributed by atoms with Crippen molar-refractivity contribution in [1.29, 1.82) is 0 Å². The summed E-state index contributed by atoms with van der Waals surface area (Å²) in [5, 5.41) is 0. The van der Waals surface area contributed by atoms with Crippen LogP contribution in [0.25, 0.3) is 48.6 Å². The Kier molecular flexibility index (Phi) is 29.3. The third kappa shape index (κ3) is 24.1. The van der Waals surface area contributed by atoms with Gasteiger partial charge in [-0.25, -0.2) is 9.13 Å². The zero-order valence-electron chi connectivity index (χ0n) is 47.5. The van der Waals surface area contributed by atoms with Crippen LogP contribution in [0.4, 0.5) is 0 Å². The minimum atomic E-state index is 0. The van der Waals surface area contributed by atoms with E-state index in [0.717, 1.165) is 42.9 Å². The molecular weight excluding hydrogens is 951 g/mol. The van der Waals surface area contributed by atoms with Crippen LogP contribution in [-0.4, -0.2) is 23.8 Å². The molecule has 3 aromatic heterocycles. The molecule has 0 aliphatic carbocycles. The van der Waals surface area contributed by atoms with Gasteiger partial charge in [0.25, 0.3) is 0 Å². The summed E-state index contributed by atoms with van der Waals surface area (Å²) in [4.78, 5) is 4.00. The van der Waals surface area contributed by atoms with Crippen molar-refractivity contribution in [3.05, 3.63) is 263 Å². The Balaban J connectivity index is 0.000000224. The van der Waals surface area contributed by atoms with E-state index in [9.17, 15) is 0 Å². The predicted molar refractivity (Wildman–Crippen MR) is 337 cm³/mol. The summed E-state index contributed by atoms with van der Waals surface area (Å²) < 4.78 is 15.8. The van der Waals surface area contributed by atoms with E-state index in [1.54, 1.807) is 12.4 Å². The van der Waals surface area contributed by atoms with Gasteiger partial charge < -0.3 is 9.47 Å². The average Bonchev–Trinajstić information content (AvgIpc) is 3.49. The molecule has 78 heavy (non-hydrogen) atoms. The first kappa shape index (κ1) is 62.8. The van der Waals surface area contributed by atoms with Gasteiger partial charge in [-0.2, -0.15) is 0 Å². The normalized spacial score (nSPS) is 12.5. The second-order valence-corrected chi connectivity index (χ2v) is 19.5. The van der Waals surface area contributed by atoms with E-state index in [4.69, 9.17) is 9.47 Å². The van der Waals surface area contributed by atoms with Crippen LogP contribution in [0, 0.1) is 0 Å². The minimum absolute atomic E-state index is 0. The lowest BCUT2D eigenvalue weighted by Crippen LogP contribution is -2.35. The van der Waals surface area contributed by atoms with E-state index >= 15 is 0 Å². The molecule has 0 bridgehead atoms. The van der Waals surface area contributed by atoms with Gasteiger partial charge in [-0.15, -0.1) is 0 Å². The fourth-order valence-corrected chi connectivity index (χ4v) is 7.62. The molecule has 3 heterocycles. The number of ether oxygens (including phenoxy) is 2. The molecule has 5 nitrogen and oxygen atoms in total. The number of hydrogen-bond donors (Lipinski definition) is 0. The van der Waals surface area contributed by atoms with Crippen LogP contribution < -0.4 is 13.9 Å². The molecule has 0 amide bonds. The molecule has 8 aromatic rings. The van der Waals surface area contributed by atoms with E-state index in [2.05, 4.69) is 277 Å². The van der Waals surface area contributed by atoms with Crippen molar-refractivity contribution in [2.75, 3.05) is 6.61 Å². The number of benzene rings is 5. The van der Waals surface area contributed by atoms with Gasteiger partial charge in [0.2, 0.25) is 5.69 Å². The molecule has 8 rings (SSSR count). The van der Waals surface area contributed by atoms with Crippen LogP contribution in [0.15, 0.2) is 207 Å². The van der Waals surface area contributed by atoms with Gasteiger partial charge in [0, 0.05) is 42.2 Å². The largest absolute Gasteiger partial charge is 0.491 e. The number of pyridine rings is 3. The zero-order chi connectivity index (χ0) is 54.9. The summed E-state index contributed by atoms with van der Waals surface area (Å²) >= 11 is 0. The fourth-order valence-electron chi connectivity index (χ4n) is 7.62. The Morgan fingerprint density at radius 3 is 1.27 bits per heavy atom. The van der Waals surface area contributed by atoms with Gasteiger partial charge in [0.1, 0.15) is 19.4 Å². The first-order valence-corrected chi connectivity index (χ1v) is 27.8. The topological polar surface area (TPSA) is 39.1 Å². The molecule has 5 heteroatoms. The number of nitrogens with zero attached hydrogens (tertiary/aromatic N) is 3. The van der Waals surface area contributed by atoms with Crippen molar-refractivity contribution in [3.63, 3.8) is 0 Å². The molecule has 5 aromatic carbocycles. The van der Waals surface area contributed by atoms with Crippen LogP contribution >= 0.6 is 0 Å². The first-order chi connectivity index (χ1) is 37.5. The molecule has 406 valence electrons. The highest BCUT2D eigenvalue weighted by Crippen LogP contribution is 2.21. The minimum Gasteiger partial charge on any atom is -0.491 e. The summed E-state index contributed by atoms with van der Waals surface area (Å²) in [6.07, 6.45) is 32.1. The summed E-state index contributed by atoms with van der Waals surface area (Å²) in [5.74, 6) is 2.20. The Morgan fingerprint density at radius 1 is 0.423 bits per heavy atom. The maximum absolute atomic E-state index is 5.75. The summed E-state index contributed by atoms with van der Waals surface area (Å²) in [5.41, 5.74) is 12.5. The molecule has 4 unspecified atom stereocenters. The van der Waals surface area contributed by atoms with Crippen molar-refractivity contribution >= 4 is 48.6 Å². The van der Waals surface area contributed by atoms with Gasteiger partial charge in [-0.3, -0.25) is 4.98 Å². The second-order valence-electron chi connectivity index (χ2n) is 19.5. The van der Waals surface area contributed by atoms with E-state index in [1.807, 2.05) is 42.5 Å². The molecule has 0 aliphatic heterocycles.